The van der Waals surface area contributed by atoms with E-state index in [-0.39, 0.29) is 18.8 Å². The molecule has 1 aliphatic carbocycles. The number of hydrogen-bond acceptors (Lipinski definition) is 7. The number of alkyl halides is 1. The molecule has 0 amide bonds. The van der Waals surface area contributed by atoms with Crippen LogP contribution < -0.4 is 4.90 Å². The van der Waals surface area contributed by atoms with Crippen molar-refractivity contribution in [2.75, 3.05) is 24.6 Å². The predicted molar refractivity (Wildman–Crippen MR) is 162 cm³/mol. The van der Waals surface area contributed by atoms with Crippen LogP contribution in [0.15, 0.2) is 72.1 Å². The van der Waals surface area contributed by atoms with E-state index in [0.29, 0.717) is 29.1 Å². The van der Waals surface area contributed by atoms with Gasteiger partial charge in [-0.2, -0.15) is 0 Å². The van der Waals surface area contributed by atoms with Crippen LogP contribution in [0.25, 0.3) is 10.2 Å². The Hall–Kier alpha value is -2.59. The zero-order valence-corrected chi connectivity index (χ0v) is 24.8. The molecule has 42 heavy (non-hydrogen) atoms. The molecular formula is C33H34ClFN2O4S. The molecule has 2 aromatic heterocycles. The number of benzene rings is 2. The summed E-state index contributed by atoms with van der Waals surface area (Å²) in [5.41, 5.74) is 3.63. The Balaban J connectivity index is 1.17. The maximum absolute atomic E-state index is 16.5. The molecule has 2 aliphatic heterocycles. The lowest BCUT2D eigenvalue weighted by Gasteiger charge is -2.25. The number of rotatable bonds is 9. The summed E-state index contributed by atoms with van der Waals surface area (Å²) in [5.74, 6) is -0.872. The van der Waals surface area contributed by atoms with Gasteiger partial charge in [0.05, 0.1) is 41.3 Å². The van der Waals surface area contributed by atoms with E-state index in [1.54, 1.807) is 5.38 Å². The average molecular weight is 609 g/mol. The highest BCUT2D eigenvalue weighted by atomic mass is 35.5. The normalized spacial score (nSPS) is 29.0. The van der Waals surface area contributed by atoms with Crippen LogP contribution in [0.3, 0.4) is 0 Å². The number of pyridine rings is 1. The summed E-state index contributed by atoms with van der Waals surface area (Å²) in [5, 5.41) is 14.0. The van der Waals surface area contributed by atoms with Gasteiger partial charge < -0.3 is 24.2 Å². The van der Waals surface area contributed by atoms with Crippen molar-refractivity contribution >= 4 is 38.8 Å². The highest BCUT2D eigenvalue weighted by Crippen LogP contribution is 2.48. The standard InChI is InChI=1S/C33H34ClFN2O4S/c34-28-14-26(37-15-23-12-7-13-24(23)16-37)31-29(36-28)25(20-42-31)33(38)32(35)30(40-18-22-10-5-2-6-11-22)27(41-33)19-39-17-21-8-3-1-4-9-21/h1-6,8-11,14,20,23-24,27,30,32,38H,7,12-13,15-19H2/t23?,24?,27-,30-,32+,33+/m1/s1. The van der Waals surface area contributed by atoms with Gasteiger partial charge in [0.1, 0.15) is 17.4 Å². The molecule has 0 spiro atoms. The molecule has 2 saturated heterocycles. The average Bonchev–Trinajstić information content (AvgIpc) is 3.77. The number of halogens is 2. The fraction of sp³-hybridized carbons (Fsp3) is 0.424. The van der Waals surface area contributed by atoms with E-state index in [1.807, 2.05) is 66.7 Å². The van der Waals surface area contributed by atoms with Gasteiger partial charge in [-0.15, -0.1) is 11.3 Å². The Morgan fingerprint density at radius 1 is 1.02 bits per heavy atom. The molecule has 2 aromatic carbocycles. The quantitative estimate of drug-likeness (QED) is 0.209. The Labute approximate surface area is 254 Å². The number of aromatic nitrogens is 1. The summed E-state index contributed by atoms with van der Waals surface area (Å²) in [7, 11) is 0. The van der Waals surface area contributed by atoms with Crippen LogP contribution >= 0.6 is 22.9 Å². The Morgan fingerprint density at radius 3 is 2.38 bits per heavy atom. The van der Waals surface area contributed by atoms with Gasteiger partial charge in [0.2, 0.25) is 5.79 Å². The maximum atomic E-state index is 16.5. The van der Waals surface area contributed by atoms with E-state index in [1.165, 1.54) is 30.6 Å². The van der Waals surface area contributed by atoms with Crippen LogP contribution in [0.4, 0.5) is 10.1 Å². The first-order valence-corrected chi connectivity index (χ1v) is 15.9. The van der Waals surface area contributed by atoms with Crippen molar-refractivity contribution in [2.45, 2.75) is 56.6 Å². The molecule has 3 fully saturated rings. The Bertz CT molecular complexity index is 1510. The van der Waals surface area contributed by atoms with E-state index < -0.39 is 24.2 Å². The summed E-state index contributed by atoms with van der Waals surface area (Å²) in [6, 6.07) is 21.2. The molecule has 1 saturated carbocycles. The largest absolute Gasteiger partial charge is 0.374 e. The van der Waals surface area contributed by atoms with Crippen LogP contribution in [0.2, 0.25) is 5.15 Å². The molecule has 4 heterocycles. The van der Waals surface area contributed by atoms with Crippen molar-refractivity contribution in [1.29, 1.82) is 0 Å². The van der Waals surface area contributed by atoms with E-state index in [4.69, 9.17) is 25.8 Å². The summed E-state index contributed by atoms with van der Waals surface area (Å²) < 4.78 is 35.6. The molecule has 4 aromatic rings. The minimum absolute atomic E-state index is 0.0507. The monoisotopic (exact) mass is 608 g/mol. The zero-order chi connectivity index (χ0) is 28.7. The van der Waals surface area contributed by atoms with Gasteiger partial charge >= 0.3 is 0 Å². The molecular weight excluding hydrogens is 575 g/mol. The van der Waals surface area contributed by atoms with Crippen molar-refractivity contribution in [3.63, 3.8) is 0 Å². The third-order valence-corrected chi connectivity index (χ3v) is 10.1. The smallest absolute Gasteiger partial charge is 0.231 e. The van der Waals surface area contributed by atoms with Gasteiger partial charge in [-0.25, -0.2) is 9.37 Å². The number of anilines is 1. The molecule has 220 valence electrons. The van der Waals surface area contributed by atoms with Gasteiger partial charge in [0.15, 0.2) is 6.17 Å². The lowest BCUT2D eigenvalue weighted by molar-refractivity contribution is -0.228. The van der Waals surface area contributed by atoms with Crippen LogP contribution in [-0.4, -0.2) is 48.2 Å². The molecule has 2 unspecified atom stereocenters. The van der Waals surface area contributed by atoms with Gasteiger partial charge in [0.25, 0.3) is 0 Å². The van der Waals surface area contributed by atoms with Gasteiger partial charge in [-0.05, 0) is 35.8 Å². The number of thiophene rings is 1. The molecule has 6 atom stereocenters. The van der Waals surface area contributed by atoms with Crippen molar-refractivity contribution in [3.05, 3.63) is 94.0 Å². The number of aliphatic hydroxyl groups is 1. The SMILES string of the molecule is O[C@@]1(c2csc3c(N4CC5CCCC5C4)cc(Cl)nc23)O[C@H](COCc2ccccc2)[C@@H](OCc2ccccc2)[C@@H]1F. The first-order chi connectivity index (χ1) is 20.5. The van der Waals surface area contributed by atoms with E-state index in [9.17, 15) is 5.11 Å². The third-order valence-electron chi connectivity index (χ3n) is 8.96. The first-order valence-electron chi connectivity index (χ1n) is 14.6. The van der Waals surface area contributed by atoms with Gasteiger partial charge in [0, 0.05) is 24.5 Å². The highest BCUT2D eigenvalue weighted by molar-refractivity contribution is 7.18. The minimum Gasteiger partial charge on any atom is -0.374 e. The van der Waals surface area contributed by atoms with Crippen molar-refractivity contribution < 1.29 is 23.7 Å². The van der Waals surface area contributed by atoms with Crippen molar-refractivity contribution in [1.82, 2.24) is 4.98 Å². The number of hydrogen-bond donors (Lipinski definition) is 1. The van der Waals surface area contributed by atoms with Crippen molar-refractivity contribution in [2.24, 2.45) is 11.8 Å². The van der Waals surface area contributed by atoms with E-state index in [0.717, 1.165) is 34.6 Å². The third kappa shape index (κ3) is 5.34. The molecule has 3 aliphatic rings. The Morgan fingerprint density at radius 2 is 1.69 bits per heavy atom. The topological polar surface area (TPSA) is 64.1 Å². The lowest BCUT2D eigenvalue weighted by Crippen LogP contribution is -2.39. The van der Waals surface area contributed by atoms with Gasteiger partial charge in [-0.1, -0.05) is 78.7 Å². The zero-order valence-electron chi connectivity index (χ0n) is 23.2. The number of nitrogens with zero attached hydrogens (tertiary/aromatic N) is 2. The Kier molecular flexibility index (Phi) is 7.94. The van der Waals surface area contributed by atoms with Crippen LogP contribution in [0, 0.1) is 11.8 Å². The molecule has 9 heteroatoms. The summed E-state index contributed by atoms with van der Waals surface area (Å²) in [6.45, 7) is 2.53. The summed E-state index contributed by atoms with van der Waals surface area (Å²) in [6.07, 6.45) is 0.0358. The maximum Gasteiger partial charge on any atom is 0.231 e. The fourth-order valence-corrected chi connectivity index (χ4v) is 8.10. The first kappa shape index (κ1) is 28.2. The van der Waals surface area contributed by atoms with Gasteiger partial charge in [-0.3, -0.25) is 0 Å². The molecule has 7 rings (SSSR count). The van der Waals surface area contributed by atoms with E-state index in [2.05, 4.69) is 9.88 Å². The molecule has 6 nitrogen and oxygen atoms in total. The molecule has 0 bridgehead atoms. The summed E-state index contributed by atoms with van der Waals surface area (Å²) >= 11 is 7.99. The van der Waals surface area contributed by atoms with Crippen LogP contribution in [0.1, 0.15) is 36.0 Å². The second-order valence-corrected chi connectivity index (χ2v) is 12.9. The minimum atomic E-state index is -2.27. The van der Waals surface area contributed by atoms with Crippen LogP contribution in [0.5, 0.6) is 0 Å². The number of fused-ring (bicyclic) bond motifs is 2. The van der Waals surface area contributed by atoms with Crippen molar-refractivity contribution in [3.8, 4) is 0 Å². The second-order valence-electron chi connectivity index (χ2n) is 11.7. The second kappa shape index (κ2) is 11.8. The van der Waals surface area contributed by atoms with Crippen LogP contribution in [-0.2, 0) is 33.2 Å². The lowest BCUT2D eigenvalue weighted by atomic mass is 10.00. The fourth-order valence-electron chi connectivity index (χ4n) is 6.82. The summed E-state index contributed by atoms with van der Waals surface area (Å²) in [4.78, 5) is 6.96. The molecule has 0 radical (unpaired) electrons. The highest BCUT2D eigenvalue weighted by Gasteiger charge is 2.58. The molecule has 1 N–H and O–H groups in total. The predicted octanol–water partition coefficient (Wildman–Crippen LogP) is 6.87. The van der Waals surface area contributed by atoms with E-state index >= 15 is 4.39 Å². The number of ether oxygens (including phenoxy) is 3.